The number of piperazine rings is 1. The molecule has 0 aromatic heterocycles. The van der Waals surface area contributed by atoms with Crippen LogP contribution in [-0.4, -0.2) is 64.0 Å². The Morgan fingerprint density at radius 2 is 1.61 bits per heavy atom. The molecule has 0 aliphatic carbocycles. The van der Waals surface area contributed by atoms with Crippen LogP contribution in [0.15, 0.2) is 84.9 Å². The van der Waals surface area contributed by atoms with Crippen molar-refractivity contribution in [2.75, 3.05) is 20.1 Å². The highest BCUT2D eigenvalue weighted by molar-refractivity contribution is 5.92. The molecule has 2 fully saturated rings. The molecule has 5 rings (SSSR count). The Kier molecular flexibility index (Phi) is 7.11. The molecule has 3 aromatic rings. The van der Waals surface area contributed by atoms with E-state index in [-0.39, 0.29) is 43.3 Å². The largest absolute Gasteiger partial charge is 0.334 e. The van der Waals surface area contributed by atoms with E-state index in [0.29, 0.717) is 5.56 Å². The number of carbonyl (C=O) groups excluding carboxylic acids is 3. The number of nitrogens with zero attached hydrogens (tertiary/aromatic N) is 4. The van der Waals surface area contributed by atoms with Crippen molar-refractivity contribution in [2.24, 2.45) is 0 Å². The first-order valence-electron chi connectivity index (χ1n) is 12.6. The second-order valence-corrected chi connectivity index (χ2v) is 9.62. The molecule has 9 heteroatoms. The van der Waals surface area contributed by atoms with E-state index in [1.165, 1.54) is 17.1 Å². The van der Waals surface area contributed by atoms with Crippen molar-refractivity contribution in [3.63, 3.8) is 0 Å². The molecular weight excluding hydrogens is 485 g/mol. The fourth-order valence-corrected chi connectivity index (χ4v) is 5.24. The Bertz CT molecular complexity index is 1300. The summed E-state index contributed by atoms with van der Waals surface area (Å²) in [5.41, 5.74) is 2.40. The molecule has 8 nitrogen and oxygen atoms in total. The summed E-state index contributed by atoms with van der Waals surface area (Å²) < 4.78 is 13.3. The van der Waals surface area contributed by atoms with Crippen LogP contribution in [-0.2, 0) is 16.1 Å². The van der Waals surface area contributed by atoms with E-state index in [9.17, 15) is 18.8 Å². The van der Waals surface area contributed by atoms with Gasteiger partial charge in [-0.05, 0) is 35.7 Å². The third-order valence-electron chi connectivity index (χ3n) is 7.21. The van der Waals surface area contributed by atoms with Crippen molar-refractivity contribution in [2.45, 2.75) is 31.7 Å². The van der Waals surface area contributed by atoms with Gasteiger partial charge in [-0.25, -0.2) is 19.2 Å². The summed E-state index contributed by atoms with van der Waals surface area (Å²) in [5.74, 6) is -0.765. The normalized spacial score (nSPS) is 20.8. The first-order valence-corrected chi connectivity index (χ1v) is 12.6. The zero-order valence-corrected chi connectivity index (χ0v) is 21.3. The fourth-order valence-electron chi connectivity index (χ4n) is 5.24. The van der Waals surface area contributed by atoms with Crippen molar-refractivity contribution in [3.05, 3.63) is 107 Å². The Morgan fingerprint density at radius 3 is 2.26 bits per heavy atom. The summed E-state index contributed by atoms with van der Waals surface area (Å²) in [5, 5.41) is 5.99. The first kappa shape index (κ1) is 25.4. The molecule has 0 saturated carbocycles. The second kappa shape index (κ2) is 10.6. The maximum absolute atomic E-state index is 14.0. The molecule has 38 heavy (non-hydrogen) atoms. The van der Waals surface area contributed by atoms with Gasteiger partial charge in [-0.1, -0.05) is 72.8 Å². The van der Waals surface area contributed by atoms with Crippen LogP contribution in [0, 0.1) is 5.82 Å². The molecule has 3 aromatic carbocycles. The summed E-state index contributed by atoms with van der Waals surface area (Å²) in [4.78, 5) is 44.3. The van der Waals surface area contributed by atoms with Crippen molar-refractivity contribution in [1.29, 1.82) is 0 Å². The van der Waals surface area contributed by atoms with E-state index in [2.05, 4.69) is 5.32 Å². The fraction of sp³-hybridized carbons (Fsp3) is 0.276. The van der Waals surface area contributed by atoms with Crippen LogP contribution >= 0.6 is 0 Å². The van der Waals surface area contributed by atoms with Gasteiger partial charge in [-0.2, -0.15) is 0 Å². The molecule has 4 amide bonds. The third kappa shape index (κ3) is 4.84. The topological polar surface area (TPSA) is 76.2 Å². The number of rotatable bonds is 5. The average molecular weight is 516 g/mol. The minimum atomic E-state index is -0.866. The summed E-state index contributed by atoms with van der Waals surface area (Å²) in [6, 6.07) is 23.3. The van der Waals surface area contributed by atoms with Crippen molar-refractivity contribution in [3.8, 4) is 0 Å². The van der Waals surface area contributed by atoms with Crippen LogP contribution in [0.4, 0.5) is 9.18 Å². The monoisotopic (exact) mass is 515 g/mol. The highest BCUT2D eigenvalue weighted by Gasteiger charge is 2.52. The van der Waals surface area contributed by atoms with Gasteiger partial charge in [0.15, 0.2) is 0 Å². The maximum atomic E-state index is 14.0. The van der Waals surface area contributed by atoms with Crippen LogP contribution < -0.4 is 5.32 Å². The molecule has 1 unspecified atom stereocenters. The zero-order valence-electron chi connectivity index (χ0n) is 21.3. The van der Waals surface area contributed by atoms with Gasteiger partial charge in [0.25, 0.3) is 5.91 Å². The number of carbonyl (C=O) groups is 3. The SMILES string of the molecule is CC(c1ccccc1)N1C[C@H]2N(C(=O)CN(C)N2C(=O)NCc2ccc(F)cc2)[C@@H](c2ccccc2)C1=O. The number of hydrogen-bond donors (Lipinski definition) is 1. The highest BCUT2D eigenvalue weighted by atomic mass is 19.1. The standard InChI is InChI=1S/C29H30FN5O3/c1-20(22-9-5-3-6-10-22)33-18-25-34(27(28(33)37)23-11-7-4-8-12-23)26(36)19-32(2)35(25)29(38)31-17-21-13-15-24(30)16-14-21/h3-16,20,25,27H,17-19H2,1-2H3,(H,31,38)/t20?,25-,27-/m0/s1. The van der Waals surface area contributed by atoms with Crippen LogP contribution in [0.2, 0.25) is 0 Å². The molecule has 0 bridgehead atoms. The van der Waals surface area contributed by atoms with Gasteiger partial charge in [0.05, 0.1) is 19.1 Å². The number of hydrogen-bond acceptors (Lipinski definition) is 4. The molecule has 196 valence electrons. The van der Waals surface area contributed by atoms with E-state index in [1.807, 2.05) is 67.6 Å². The lowest BCUT2D eigenvalue weighted by atomic mass is 9.96. The summed E-state index contributed by atoms with van der Waals surface area (Å²) >= 11 is 0. The Morgan fingerprint density at radius 1 is 0.974 bits per heavy atom. The van der Waals surface area contributed by atoms with E-state index < -0.39 is 18.2 Å². The Labute approximate surface area is 221 Å². The lowest BCUT2D eigenvalue weighted by molar-refractivity contribution is -0.189. The molecule has 0 radical (unpaired) electrons. The number of nitrogens with one attached hydrogen (secondary N) is 1. The lowest BCUT2D eigenvalue weighted by Gasteiger charge is -2.55. The Balaban J connectivity index is 1.49. The average Bonchev–Trinajstić information content (AvgIpc) is 2.93. The van der Waals surface area contributed by atoms with E-state index in [0.717, 1.165) is 11.1 Å². The second-order valence-electron chi connectivity index (χ2n) is 9.62. The number of urea groups is 1. The molecule has 0 spiro atoms. The smallest absolute Gasteiger partial charge is 0.333 e. The summed E-state index contributed by atoms with van der Waals surface area (Å²) in [6.45, 7) is 2.25. The van der Waals surface area contributed by atoms with E-state index >= 15 is 0 Å². The molecule has 3 atom stereocenters. The van der Waals surface area contributed by atoms with Gasteiger partial charge >= 0.3 is 6.03 Å². The van der Waals surface area contributed by atoms with Crippen LogP contribution in [0.1, 0.15) is 35.7 Å². The molecule has 2 aliphatic heterocycles. The maximum Gasteiger partial charge on any atom is 0.334 e. The van der Waals surface area contributed by atoms with Gasteiger partial charge in [0, 0.05) is 13.6 Å². The van der Waals surface area contributed by atoms with E-state index in [4.69, 9.17) is 0 Å². The number of halogens is 1. The minimum absolute atomic E-state index is 0.0503. The number of hydrazine groups is 1. The van der Waals surface area contributed by atoms with Crippen molar-refractivity contribution in [1.82, 2.24) is 25.1 Å². The molecule has 2 heterocycles. The number of amides is 4. The quantitative estimate of drug-likeness (QED) is 0.562. The predicted octanol–water partition coefficient (Wildman–Crippen LogP) is 3.70. The summed E-state index contributed by atoms with van der Waals surface area (Å²) in [6.07, 6.45) is -0.719. The summed E-state index contributed by atoms with van der Waals surface area (Å²) in [7, 11) is 1.69. The highest BCUT2D eigenvalue weighted by Crippen LogP contribution is 2.37. The number of benzene rings is 3. The zero-order chi connectivity index (χ0) is 26.8. The Hall–Kier alpha value is -4.24. The third-order valence-corrected chi connectivity index (χ3v) is 7.21. The van der Waals surface area contributed by atoms with Crippen molar-refractivity contribution < 1.29 is 18.8 Å². The molecule has 1 N–H and O–H groups in total. The van der Waals surface area contributed by atoms with Crippen molar-refractivity contribution >= 4 is 17.8 Å². The minimum Gasteiger partial charge on any atom is -0.333 e. The lowest BCUT2D eigenvalue weighted by Crippen LogP contribution is -2.73. The molecular formula is C29H30FN5O3. The van der Waals surface area contributed by atoms with Gasteiger partial charge in [0.2, 0.25) is 5.91 Å². The van der Waals surface area contributed by atoms with Crippen LogP contribution in [0.25, 0.3) is 0 Å². The van der Waals surface area contributed by atoms with Crippen LogP contribution in [0.3, 0.4) is 0 Å². The van der Waals surface area contributed by atoms with Gasteiger partial charge in [-0.15, -0.1) is 0 Å². The first-order chi connectivity index (χ1) is 18.3. The number of likely N-dealkylation sites (N-methyl/N-ethyl adjacent to an activating group) is 1. The number of fused-ring (bicyclic) bond motifs is 1. The predicted molar refractivity (Wildman–Crippen MR) is 139 cm³/mol. The van der Waals surface area contributed by atoms with Crippen LogP contribution in [0.5, 0.6) is 0 Å². The van der Waals surface area contributed by atoms with E-state index in [1.54, 1.807) is 34.0 Å². The molecule has 2 saturated heterocycles. The van der Waals surface area contributed by atoms with Gasteiger partial charge in [0.1, 0.15) is 18.0 Å². The van der Waals surface area contributed by atoms with Gasteiger partial charge in [-0.3, -0.25) is 9.59 Å². The van der Waals surface area contributed by atoms with Gasteiger partial charge < -0.3 is 15.1 Å². The molecule has 2 aliphatic rings.